The second-order valence-electron chi connectivity index (χ2n) is 4.42. The molecule has 20 heavy (non-hydrogen) atoms. The van der Waals surface area contributed by atoms with Gasteiger partial charge >= 0.3 is 0 Å². The van der Waals surface area contributed by atoms with Crippen LogP contribution in [0, 0.1) is 6.92 Å². The molecule has 0 amide bonds. The number of halogens is 1. The molecular formula is C15H11BrN4. The summed E-state index contributed by atoms with van der Waals surface area (Å²) in [6, 6.07) is 15.7. The number of aromatic nitrogens is 4. The molecule has 0 aliphatic carbocycles. The Balaban J connectivity index is 1.91. The molecule has 1 heterocycles. The van der Waals surface area contributed by atoms with Gasteiger partial charge in [-0.3, -0.25) is 0 Å². The van der Waals surface area contributed by atoms with Crippen molar-refractivity contribution in [2.24, 2.45) is 0 Å². The fraction of sp³-hybridized carbons (Fsp3) is 0.0667. The van der Waals surface area contributed by atoms with Crippen molar-refractivity contribution in [1.82, 2.24) is 20.4 Å². The zero-order valence-electron chi connectivity index (χ0n) is 10.8. The van der Waals surface area contributed by atoms with Crippen LogP contribution in [0.3, 0.4) is 0 Å². The first-order chi connectivity index (χ1) is 9.72. The summed E-state index contributed by atoms with van der Waals surface area (Å²) in [6.45, 7) is 2.04. The second kappa shape index (κ2) is 5.46. The number of rotatable bonds is 2. The summed E-state index contributed by atoms with van der Waals surface area (Å²) in [4.78, 5) is 0. The molecule has 2 aromatic carbocycles. The monoisotopic (exact) mass is 326 g/mol. The van der Waals surface area contributed by atoms with Gasteiger partial charge in [-0.05, 0) is 31.2 Å². The first kappa shape index (κ1) is 12.9. The van der Waals surface area contributed by atoms with Crippen molar-refractivity contribution in [2.45, 2.75) is 6.92 Å². The van der Waals surface area contributed by atoms with Gasteiger partial charge in [-0.1, -0.05) is 45.8 Å². The molecule has 3 rings (SSSR count). The van der Waals surface area contributed by atoms with Crippen LogP contribution in [0.1, 0.15) is 5.56 Å². The van der Waals surface area contributed by atoms with E-state index in [4.69, 9.17) is 0 Å². The molecule has 0 aliphatic rings. The fourth-order valence-electron chi connectivity index (χ4n) is 1.76. The lowest BCUT2D eigenvalue weighted by atomic mass is 10.1. The lowest BCUT2D eigenvalue weighted by Gasteiger charge is -2.01. The molecule has 4 nitrogen and oxygen atoms in total. The molecule has 0 unspecified atom stereocenters. The van der Waals surface area contributed by atoms with Gasteiger partial charge in [0.05, 0.1) is 0 Å². The van der Waals surface area contributed by atoms with Crippen LogP contribution in [0.2, 0.25) is 0 Å². The summed E-state index contributed by atoms with van der Waals surface area (Å²) in [6.07, 6.45) is 0. The number of aryl methyl sites for hydroxylation is 1. The van der Waals surface area contributed by atoms with Crippen molar-refractivity contribution < 1.29 is 0 Å². The Morgan fingerprint density at radius 2 is 1.05 bits per heavy atom. The van der Waals surface area contributed by atoms with Crippen molar-refractivity contribution in [3.63, 3.8) is 0 Å². The molecule has 0 aliphatic heterocycles. The van der Waals surface area contributed by atoms with E-state index >= 15 is 0 Å². The highest BCUT2D eigenvalue weighted by molar-refractivity contribution is 9.10. The maximum Gasteiger partial charge on any atom is 0.203 e. The molecule has 0 saturated heterocycles. The Kier molecular flexibility index (Phi) is 3.52. The summed E-state index contributed by atoms with van der Waals surface area (Å²) in [5.41, 5.74) is 3.00. The van der Waals surface area contributed by atoms with E-state index in [0.29, 0.717) is 11.6 Å². The number of hydrogen-bond donors (Lipinski definition) is 0. The van der Waals surface area contributed by atoms with Gasteiger partial charge in [0.15, 0.2) is 0 Å². The van der Waals surface area contributed by atoms with Crippen molar-refractivity contribution >= 4 is 15.9 Å². The third kappa shape index (κ3) is 2.72. The third-order valence-corrected chi connectivity index (χ3v) is 3.42. The van der Waals surface area contributed by atoms with Gasteiger partial charge in [0.2, 0.25) is 11.6 Å². The van der Waals surface area contributed by atoms with Crippen LogP contribution in [-0.2, 0) is 0 Å². The van der Waals surface area contributed by atoms with E-state index in [9.17, 15) is 0 Å². The normalized spacial score (nSPS) is 10.5. The lowest BCUT2D eigenvalue weighted by molar-refractivity contribution is 0.876. The molecule has 98 valence electrons. The Hall–Kier alpha value is -2.14. The van der Waals surface area contributed by atoms with Crippen molar-refractivity contribution in [3.8, 4) is 22.8 Å². The molecular weight excluding hydrogens is 316 g/mol. The highest BCUT2D eigenvalue weighted by atomic mass is 79.9. The van der Waals surface area contributed by atoms with E-state index in [1.54, 1.807) is 0 Å². The quantitative estimate of drug-likeness (QED) is 0.721. The van der Waals surface area contributed by atoms with Crippen molar-refractivity contribution in [3.05, 3.63) is 58.6 Å². The Morgan fingerprint density at radius 3 is 1.50 bits per heavy atom. The Morgan fingerprint density at radius 1 is 0.650 bits per heavy atom. The topological polar surface area (TPSA) is 51.6 Å². The molecule has 0 N–H and O–H groups in total. The first-order valence-corrected chi connectivity index (χ1v) is 6.92. The zero-order chi connectivity index (χ0) is 13.9. The van der Waals surface area contributed by atoms with Gasteiger partial charge < -0.3 is 0 Å². The van der Waals surface area contributed by atoms with Gasteiger partial charge in [-0.2, -0.15) is 0 Å². The molecule has 1 aromatic heterocycles. The molecule has 0 saturated carbocycles. The van der Waals surface area contributed by atoms with E-state index in [1.165, 1.54) is 5.56 Å². The minimum atomic E-state index is 0.522. The smallest absolute Gasteiger partial charge is 0.126 e. The van der Waals surface area contributed by atoms with Gasteiger partial charge in [0.25, 0.3) is 0 Å². The van der Waals surface area contributed by atoms with Gasteiger partial charge in [0, 0.05) is 15.6 Å². The first-order valence-electron chi connectivity index (χ1n) is 6.13. The highest BCUT2D eigenvalue weighted by Gasteiger charge is 2.06. The fourth-order valence-corrected chi connectivity index (χ4v) is 2.03. The Bertz CT molecular complexity index is 642. The second-order valence-corrected chi connectivity index (χ2v) is 5.34. The average Bonchev–Trinajstić information content (AvgIpc) is 2.49. The summed E-state index contributed by atoms with van der Waals surface area (Å²) in [5, 5.41) is 16.6. The van der Waals surface area contributed by atoms with Crippen LogP contribution in [0.5, 0.6) is 0 Å². The molecule has 0 spiro atoms. The van der Waals surface area contributed by atoms with Crippen LogP contribution in [-0.4, -0.2) is 20.4 Å². The predicted molar refractivity (Wildman–Crippen MR) is 80.9 cm³/mol. The van der Waals surface area contributed by atoms with Gasteiger partial charge in [-0.15, -0.1) is 20.4 Å². The average molecular weight is 327 g/mol. The van der Waals surface area contributed by atoms with E-state index in [2.05, 4.69) is 36.3 Å². The van der Waals surface area contributed by atoms with E-state index in [0.717, 1.165) is 15.6 Å². The summed E-state index contributed by atoms with van der Waals surface area (Å²) < 4.78 is 1.01. The molecule has 0 atom stereocenters. The molecule has 3 aromatic rings. The van der Waals surface area contributed by atoms with Crippen LogP contribution in [0.4, 0.5) is 0 Å². The molecule has 5 heteroatoms. The summed E-state index contributed by atoms with van der Waals surface area (Å²) in [7, 11) is 0. The van der Waals surface area contributed by atoms with E-state index in [1.807, 2.05) is 55.5 Å². The SMILES string of the molecule is Cc1ccc(-c2nnc(-c3ccc(Br)cc3)nn2)cc1. The maximum absolute atomic E-state index is 4.14. The van der Waals surface area contributed by atoms with E-state index in [-0.39, 0.29) is 0 Å². The number of nitrogens with zero attached hydrogens (tertiary/aromatic N) is 4. The zero-order valence-corrected chi connectivity index (χ0v) is 12.4. The third-order valence-electron chi connectivity index (χ3n) is 2.89. The maximum atomic E-state index is 4.14. The molecule has 0 bridgehead atoms. The van der Waals surface area contributed by atoms with Crippen LogP contribution >= 0.6 is 15.9 Å². The highest BCUT2D eigenvalue weighted by Crippen LogP contribution is 2.18. The lowest BCUT2D eigenvalue weighted by Crippen LogP contribution is -1.99. The van der Waals surface area contributed by atoms with Crippen molar-refractivity contribution in [1.29, 1.82) is 0 Å². The van der Waals surface area contributed by atoms with Crippen LogP contribution < -0.4 is 0 Å². The molecule has 0 fully saturated rings. The van der Waals surface area contributed by atoms with Crippen LogP contribution in [0.15, 0.2) is 53.0 Å². The summed E-state index contributed by atoms with van der Waals surface area (Å²) >= 11 is 3.39. The Labute approximate surface area is 125 Å². The van der Waals surface area contributed by atoms with Crippen LogP contribution in [0.25, 0.3) is 22.8 Å². The minimum absolute atomic E-state index is 0.522. The largest absolute Gasteiger partial charge is 0.203 e. The molecule has 0 radical (unpaired) electrons. The number of hydrogen-bond acceptors (Lipinski definition) is 4. The van der Waals surface area contributed by atoms with Gasteiger partial charge in [0.1, 0.15) is 0 Å². The summed E-state index contributed by atoms with van der Waals surface area (Å²) in [5.74, 6) is 1.05. The standard InChI is InChI=1S/C15H11BrN4/c1-10-2-4-11(5-3-10)14-17-19-15(20-18-14)12-6-8-13(16)9-7-12/h2-9H,1H3. The van der Waals surface area contributed by atoms with E-state index < -0.39 is 0 Å². The number of benzene rings is 2. The minimum Gasteiger partial charge on any atom is -0.126 e. The predicted octanol–water partition coefficient (Wildman–Crippen LogP) is 3.67. The van der Waals surface area contributed by atoms with Gasteiger partial charge in [-0.25, -0.2) is 0 Å². The van der Waals surface area contributed by atoms with Crippen molar-refractivity contribution in [2.75, 3.05) is 0 Å².